The van der Waals surface area contributed by atoms with Crippen molar-refractivity contribution in [1.82, 2.24) is 9.88 Å². The second-order valence-corrected chi connectivity index (χ2v) is 7.55. The van der Waals surface area contributed by atoms with Crippen LogP contribution in [0.25, 0.3) is 11.3 Å². The molecule has 0 bridgehead atoms. The number of urea groups is 1. The van der Waals surface area contributed by atoms with Crippen molar-refractivity contribution in [1.29, 1.82) is 0 Å². The second-order valence-electron chi connectivity index (χ2n) is 6.69. The van der Waals surface area contributed by atoms with Crippen molar-refractivity contribution in [2.24, 2.45) is 0 Å². The van der Waals surface area contributed by atoms with Gasteiger partial charge in [0.05, 0.1) is 5.69 Å². The molecule has 164 valence electrons. The molecule has 0 aliphatic carbocycles. The SMILES string of the molecule is CCCCN(CCCC)C(=O)Nc1ccc(-c2csc(NC(=O)C(F)(F)F)n2)cc1. The van der Waals surface area contributed by atoms with Crippen molar-refractivity contribution in [3.63, 3.8) is 0 Å². The first-order valence-electron chi connectivity index (χ1n) is 9.74. The van der Waals surface area contributed by atoms with Crippen LogP contribution >= 0.6 is 11.3 Å². The third-order valence-electron chi connectivity index (χ3n) is 4.26. The molecule has 0 spiro atoms. The zero-order valence-corrected chi connectivity index (χ0v) is 17.7. The summed E-state index contributed by atoms with van der Waals surface area (Å²) in [7, 11) is 0. The third kappa shape index (κ3) is 7.01. The van der Waals surface area contributed by atoms with E-state index in [1.54, 1.807) is 39.9 Å². The van der Waals surface area contributed by atoms with Gasteiger partial charge in [0.1, 0.15) is 0 Å². The predicted molar refractivity (Wildman–Crippen MR) is 113 cm³/mol. The van der Waals surface area contributed by atoms with Gasteiger partial charge in [0, 0.05) is 29.7 Å². The van der Waals surface area contributed by atoms with Crippen LogP contribution in [0, 0.1) is 0 Å². The molecule has 1 aromatic carbocycles. The van der Waals surface area contributed by atoms with Crippen molar-refractivity contribution >= 4 is 34.1 Å². The minimum absolute atomic E-state index is 0.132. The average molecular weight is 443 g/mol. The maximum Gasteiger partial charge on any atom is 0.471 e. The molecule has 0 aliphatic heterocycles. The van der Waals surface area contributed by atoms with Crippen LogP contribution < -0.4 is 10.6 Å². The molecule has 30 heavy (non-hydrogen) atoms. The van der Waals surface area contributed by atoms with Gasteiger partial charge in [-0.2, -0.15) is 13.2 Å². The summed E-state index contributed by atoms with van der Waals surface area (Å²) in [6.45, 7) is 5.55. The van der Waals surface area contributed by atoms with E-state index in [2.05, 4.69) is 24.1 Å². The minimum atomic E-state index is -4.96. The number of nitrogens with one attached hydrogen (secondary N) is 2. The van der Waals surface area contributed by atoms with Gasteiger partial charge in [0.15, 0.2) is 5.13 Å². The molecule has 0 fully saturated rings. The van der Waals surface area contributed by atoms with Crippen molar-refractivity contribution in [3.8, 4) is 11.3 Å². The topological polar surface area (TPSA) is 74.3 Å². The lowest BCUT2D eigenvalue weighted by molar-refractivity contribution is -0.167. The van der Waals surface area contributed by atoms with Gasteiger partial charge in [-0.3, -0.25) is 10.1 Å². The number of benzene rings is 1. The van der Waals surface area contributed by atoms with E-state index in [1.165, 1.54) is 0 Å². The van der Waals surface area contributed by atoms with Crippen molar-refractivity contribution in [3.05, 3.63) is 29.6 Å². The van der Waals surface area contributed by atoms with E-state index in [-0.39, 0.29) is 11.2 Å². The number of nitrogens with zero attached hydrogens (tertiary/aromatic N) is 2. The quantitative estimate of drug-likeness (QED) is 0.520. The number of carbonyl (C=O) groups is 2. The van der Waals surface area contributed by atoms with E-state index in [0.29, 0.717) is 30.0 Å². The molecule has 0 aliphatic rings. The Morgan fingerprint density at radius 3 is 2.17 bits per heavy atom. The van der Waals surface area contributed by atoms with Gasteiger partial charge in [0.2, 0.25) is 0 Å². The summed E-state index contributed by atoms with van der Waals surface area (Å²) in [5.41, 5.74) is 1.70. The molecule has 3 amide bonds. The Hall–Kier alpha value is -2.62. The van der Waals surface area contributed by atoms with Crippen LogP contribution in [0.2, 0.25) is 0 Å². The summed E-state index contributed by atoms with van der Waals surface area (Å²) in [6.07, 6.45) is -1.08. The van der Waals surface area contributed by atoms with Crippen molar-refractivity contribution in [2.45, 2.75) is 45.7 Å². The highest BCUT2D eigenvalue weighted by Gasteiger charge is 2.39. The number of rotatable bonds is 9. The van der Waals surface area contributed by atoms with E-state index < -0.39 is 12.1 Å². The normalized spacial score (nSPS) is 11.2. The molecule has 1 aromatic heterocycles. The number of aromatic nitrogens is 1. The Labute approximate surface area is 177 Å². The average Bonchev–Trinajstić information content (AvgIpc) is 3.16. The van der Waals surface area contributed by atoms with E-state index in [0.717, 1.165) is 37.0 Å². The van der Waals surface area contributed by atoms with Crippen molar-refractivity contribution in [2.75, 3.05) is 23.7 Å². The molecule has 0 saturated carbocycles. The fourth-order valence-corrected chi connectivity index (χ4v) is 3.29. The maximum atomic E-state index is 12.5. The van der Waals surface area contributed by atoms with Crippen molar-refractivity contribution < 1.29 is 22.8 Å². The summed E-state index contributed by atoms with van der Waals surface area (Å²) in [5, 5.41) is 6.03. The number of halogens is 3. The Morgan fingerprint density at radius 2 is 1.63 bits per heavy atom. The van der Waals surface area contributed by atoms with Crippen LogP contribution in [0.3, 0.4) is 0 Å². The molecule has 0 atom stereocenters. The van der Waals surface area contributed by atoms with Gasteiger partial charge in [-0.05, 0) is 25.0 Å². The summed E-state index contributed by atoms with van der Waals surface area (Å²) in [5.74, 6) is -2.06. The number of amides is 3. The van der Waals surface area contributed by atoms with Crippen LogP contribution in [0.4, 0.5) is 28.8 Å². The Kier molecular flexibility index (Phi) is 8.64. The van der Waals surface area contributed by atoms with E-state index in [1.807, 2.05) is 0 Å². The molecule has 1 heterocycles. The highest BCUT2D eigenvalue weighted by atomic mass is 32.1. The van der Waals surface area contributed by atoms with Crippen LogP contribution in [0.1, 0.15) is 39.5 Å². The number of hydrogen-bond donors (Lipinski definition) is 2. The fraction of sp³-hybridized carbons (Fsp3) is 0.450. The molecular weight excluding hydrogens is 417 g/mol. The molecule has 0 unspecified atom stereocenters. The third-order valence-corrected chi connectivity index (χ3v) is 5.02. The summed E-state index contributed by atoms with van der Waals surface area (Å²) < 4.78 is 37.0. The standard InChI is InChI=1S/C20H25F3N4O2S/c1-3-5-11-27(12-6-4-2)19(29)24-15-9-7-14(8-10-15)16-13-30-18(25-16)26-17(28)20(21,22)23/h7-10,13H,3-6,11-12H2,1-2H3,(H,24,29)(H,25,26,28). The molecular formula is C20H25F3N4O2S. The first-order chi connectivity index (χ1) is 14.2. The van der Waals surface area contributed by atoms with E-state index >= 15 is 0 Å². The molecule has 2 N–H and O–H groups in total. The van der Waals surface area contributed by atoms with E-state index in [9.17, 15) is 22.8 Å². The summed E-state index contributed by atoms with van der Waals surface area (Å²) >= 11 is 0.903. The predicted octanol–water partition coefficient (Wildman–Crippen LogP) is 5.75. The Morgan fingerprint density at radius 1 is 1.03 bits per heavy atom. The number of unbranched alkanes of at least 4 members (excludes halogenated alkanes) is 2. The highest BCUT2D eigenvalue weighted by Crippen LogP contribution is 2.27. The van der Waals surface area contributed by atoms with Gasteiger partial charge >= 0.3 is 18.1 Å². The lowest BCUT2D eigenvalue weighted by Crippen LogP contribution is -2.36. The molecule has 6 nitrogen and oxygen atoms in total. The number of anilines is 2. The van der Waals surface area contributed by atoms with Crippen LogP contribution in [0.15, 0.2) is 29.6 Å². The maximum absolute atomic E-state index is 12.5. The largest absolute Gasteiger partial charge is 0.471 e. The first-order valence-corrected chi connectivity index (χ1v) is 10.6. The van der Waals surface area contributed by atoms with E-state index in [4.69, 9.17) is 0 Å². The van der Waals surface area contributed by atoms with Gasteiger partial charge in [-0.15, -0.1) is 11.3 Å². The zero-order chi connectivity index (χ0) is 22.1. The Bertz CT molecular complexity index is 829. The minimum Gasteiger partial charge on any atom is -0.325 e. The number of alkyl halides is 3. The van der Waals surface area contributed by atoms with Gasteiger partial charge in [-0.25, -0.2) is 9.78 Å². The monoisotopic (exact) mass is 442 g/mol. The first kappa shape index (κ1) is 23.7. The molecule has 2 rings (SSSR count). The number of carbonyl (C=O) groups excluding carboxylic acids is 2. The van der Waals surface area contributed by atoms with Crippen LogP contribution in [-0.2, 0) is 4.79 Å². The highest BCUT2D eigenvalue weighted by molar-refractivity contribution is 7.14. The smallest absolute Gasteiger partial charge is 0.325 e. The molecule has 10 heteroatoms. The van der Waals surface area contributed by atoms with Gasteiger partial charge in [-0.1, -0.05) is 38.8 Å². The molecule has 2 aromatic rings. The summed E-state index contributed by atoms with van der Waals surface area (Å²) in [4.78, 5) is 29.4. The zero-order valence-electron chi connectivity index (χ0n) is 16.9. The second kappa shape index (κ2) is 11.0. The fourth-order valence-electron chi connectivity index (χ4n) is 2.57. The lowest BCUT2D eigenvalue weighted by atomic mass is 10.1. The summed E-state index contributed by atoms with van der Waals surface area (Å²) in [6, 6.07) is 6.68. The molecule has 0 radical (unpaired) electrons. The number of hydrogen-bond acceptors (Lipinski definition) is 4. The van der Waals surface area contributed by atoms with Crippen LogP contribution in [0.5, 0.6) is 0 Å². The van der Waals surface area contributed by atoms with Crippen LogP contribution in [-0.4, -0.2) is 41.1 Å². The Balaban J connectivity index is 2.00. The number of thiazole rings is 1. The van der Waals surface area contributed by atoms with Gasteiger partial charge < -0.3 is 10.2 Å². The lowest BCUT2D eigenvalue weighted by Gasteiger charge is -2.22. The van der Waals surface area contributed by atoms with Gasteiger partial charge in [0.25, 0.3) is 0 Å². The molecule has 0 saturated heterocycles.